The zero-order valence-electron chi connectivity index (χ0n) is 15.2. The van der Waals surface area contributed by atoms with Crippen molar-refractivity contribution in [1.29, 1.82) is 0 Å². The van der Waals surface area contributed by atoms with Gasteiger partial charge in [0.15, 0.2) is 11.6 Å². The molecule has 146 valence electrons. The molecule has 2 heterocycles. The first-order chi connectivity index (χ1) is 13.0. The number of nitrogens with one attached hydrogen (secondary N) is 1. The summed E-state index contributed by atoms with van der Waals surface area (Å²) in [6.07, 6.45) is 5.03. The molecule has 1 aromatic heterocycles. The third-order valence-electron chi connectivity index (χ3n) is 4.30. The van der Waals surface area contributed by atoms with Crippen LogP contribution in [0.1, 0.15) is 31.9 Å². The highest BCUT2D eigenvalue weighted by atomic mass is 32.2. The van der Waals surface area contributed by atoms with Crippen molar-refractivity contribution in [2.75, 3.05) is 24.6 Å². The predicted octanol–water partition coefficient (Wildman–Crippen LogP) is 2.48. The molecule has 0 saturated carbocycles. The van der Waals surface area contributed by atoms with Crippen molar-refractivity contribution in [2.24, 2.45) is 0 Å². The van der Waals surface area contributed by atoms with Crippen molar-refractivity contribution in [2.45, 2.75) is 37.6 Å². The number of piperidine rings is 1. The van der Waals surface area contributed by atoms with Gasteiger partial charge in [0.25, 0.3) is 0 Å². The van der Waals surface area contributed by atoms with Gasteiger partial charge >= 0.3 is 0 Å². The summed E-state index contributed by atoms with van der Waals surface area (Å²) >= 11 is 0. The Balaban J connectivity index is 1.69. The van der Waals surface area contributed by atoms with Crippen LogP contribution in [0, 0.1) is 5.82 Å². The van der Waals surface area contributed by atoms with Gasteiger partial charge in [-0.15, -0.1) is 0 Å². The smallest absolute Gasteiger partial charge is 0.241 e. The van der Waals surface area contributed by atoms with Gasteiger partial charge in [-0.05, 0) is 50.5 Å². The van der Waals surface area contributed by atoms with Crippen LogP contribution >= 0.6 is 0 Å². The summed E-state index contributed by atoms with van der Waals surface area (Å²) in [4.78, 5) is 10.7. The Bertz CT molecular complexity index is 886. The van der Waals surface area contributed by atoms with Gasteiger partial charge in [-0.2, -0.15) is 0 Å². The monoisotopic (exact) mass is 394 g/mol. The number of anilines is 1. The molecule has 0 unspecified atom stereocenters. The molecule has 1 N–H and O–H groups in total. The largest absolute Gasteiger partial charge is 0.491 e. The SMILES string of the molecule is CCOc1ccc(S(=O)(=O)NCc2ccnc(N3CCCCC3)n2)cc1F. The number of sulfonamides is 1. The molecule has 9 heteroatoms. The van der Waals surface area contributed by atoms with E-state index in [0.29, 0.717) is 18.2 Å². The normalized spacial score (nSPS) is 15.0. The highest BCUT2D eigenvalue weighted by Crippen LogP contribution is 2.21. The van der Waals surface area contributed by atoms with E-state index in [1.165, 1.54) is 18.6 Å². The molecular formula is C18H23FN4O3S. The standard InChI is InChI=1S/C18H23FN4O3S/c1-2-26-17-7-6-15(12-16(17)19)27(24,25)21-13-14-8-9-20-18(22-14)23-10-4-3-5-11-23/h6-9,12,21H,2-5,10-11,13H2,1H3. The lowest BCUT2D eigenvalue weighted by Crippen LogP contribution is -2.31. The van der Waals surface area contributed by atoms with Crippen LogP contribution in [0.5, 0.6) is 5.75 Å². The minimum atomic E-state index is -3.87. The number of nitrogens with zero attached hydrogens (tertiary/aromatic N) is 3. The summed E-state index contributed by atoms with van der Waals surface area (Å²) < 4.78 is 46.4. The van der Waals surface area contributed by atoms with Crippen molar-refractivity contribution < 1.29 is 17.5 Å². The number of hydrogen-bond donors (Lipinski definition) is 1. The van der Waals surface area contributed by atoms with E-state index < -0.39 is 15.8 Å². The number of aromatic nitrogens is 2. The third-order valence-corrected chi connectivity index (χ3v) is 5.70. The minimum absolute atomic E-state index is 0.000520. The van der Waals surface area contributed by atoms with E-state index in [1.807, 2.05) is 0 Å². The molecule has 0 radical (unpaired) electrons. The topological polar surface area (TPSA) is 84.4 Å². The Morgan fingerprint density at radius 3 is 2.70 bits per heavy atom. The maximum Gasteiger partial charge on any atom is 0.241 e. The summed E-state index contributed by atoms with van der Waals surface area (Å²) in [5, 5.41) is 0. The lowest BCUT2D eigenvalue weighted by Gasteiger charge is -2.26. The van der Waals surface area contributed by atoms with Gasteiger partial charge in [0.05, 0.1) is 23.7 Å². The first kappa shape index (κ1) is 19.5. The van der Waals surface area contributed by atoms with E-state index in [4.69, 9.17) is 4.74 Å². The van der Waals surface area contributed by atoms with Gasteiger partial charge in [-0.3, -0.25) is 0 Å². The molecule has 7 nitrogen and oxygen atoms in total. The third kappa shape index (κ3) is 4.92. The summed E-state index contributed by atoms with van der Waals surface area (Å²) in [7, 11) is -3.87. The Morgan fingerprint density at radius 2 is 2.00 bits per heavy atom. The van der Waals surface area contributed by atoms with E-state index in [-0.39, 0.29) is 17.2 Å². The molecule has 0 amide bonds. The fraction of sp³-hybridized carbons (Fsp3) is 0.444. The molecule has 27 heavy (non-hydrogen) atoms. The van der Waals surface area contributed by atoms with E-state index in [0.717, 1.165) is 32.0 Å². The Hall–Kier alpha value is -2.26. The number of ether oxygens (including phenoxy) is 1. The van der Waals surface area contributed by atoms with Gasteiger partial charge in [-0.1, -0.05) is 0 Å². The number of hydrogen-bond acceptors (Lipinski definition) is 6. The molecule has 1 aromatic carbocycles. The van der Waals surface area contributed by atoms with Crippen LogP contribution in [0.2, 0.25) is 0 Å². The summed E-state index contributed by atoms with van der Waals surface area (Å²) in [6, 6.07) is 5.24. The maximum atomic E-state index is 13.9. The Morgan fingerprint density at radius 1 is 1.22 bits per heavy atom. The van der Waals surface area contributed by atoms with E-state index in [2.05, 4.69) is 19.6 Å². The fourth-order valence-corrected chi connectivity index (χ4v) is 3.91. The van der Waals surface area contributed by atoms with Crippen molar-refractivity contribution >= 4 is 16.0 Å². The molecule has 1 fully saturated rings. The van der Waals surface area contributed by atoms with Crippen molar-refractivity contribution in [1.82, 2.24) is 14.7 Å². The van der Waals surface area contributed by atoms with Crippen LogP contribution in [-0.2, 0) is 16.6 Å². The highest BCUT2D eigenvalue weighted by molar-refractivity contribution is 7.89. The van der Waals surface area contributed by atoms with E-state index in [1.54, 1.807) is 19.2 Å². The lowest BCUT2D eigenvalue weighted by atomic mass is 10.1. The van der Waals surface area contributed by atoms with Crippen LogP contribution < -0.4 is 14.4 Å². The minimum Gasteiger partial charge on any atom is -0.491 e. The zero-order valence-corrected chi connectivity index (χ0v) is 16.0. The van der Waals surface area contributed by atoms with E-state index in [9.17, 15) is 12.8 Å². The molecule has 2 aromatic rings. The Kier molecular flexibility index (Phi) is 6.22. The first-order valence-electron chi connectivity index (χ1n) is 8.98. The van der Waals surface area contributed by atoms with Gasteiger partial charge in [0, 0.05) is 19.3 Å². The average Bonchev–Trinajstić information content (AvgIpc) is 2.69. The van der Waals surface area contributed by atoms with E-state index >= 15 is 0 Å². The van der Waals surface area contributed by atoms with Crippen LogP contribution in [-0.4, -0.2) is 38.1 Å². The zero-order chi connectivity index (χ0) is 19.3. The van der Waals surface area contributed by atoms with Gasteiger partial charge < -0.3 is 9.64 Å². The quantitative estimate of drug-likeness (QED) is 0.777. The number of halogens is 1. The van der Waals surface area contributed by atoms with Gasteiger partial charge in [0.2, 0.25) is 16.0 Å². The van der Waals surface area contributed by atoms with Crippen LogP contribution in [0.25, 0.3) is 0 Å². The second-order valence-corrected chi connectivity index (χ2v) is 8.01. The molecule has 3 rings (SSSR count). The van der Waals surface area contributed by atoms with Gasteiger partial charge in [-0.25, -0.2) is 27.5 Å². The summed E-state index contributed by atoms with van der Waals surface area (Å²) in [5.41, 5.74) is 0.556. The summed E-state index contributed by atoms with van der Waals surface area (Å²) in [5.74, 6) is -0.0777. The molecule has 1 saturated heterocycles. The van der Waals surface area contributed by atoms with Gasteiger partial charge in [0.1, 0.15) is 0 Å². The number of benzene rings is 1. The second kappa shape index (κ2) is 8.62. The Labute approximate surface area is 158 Å². The molecule has 1 aliphatic rings. The maximum absolute atomic E-state index is 13.9. The van der Waals surface area contributed by atoms with Crippen molar-refractivity contribution in [3.63, 3.8) is 0 Å². The summed E-state index contributed by atoms with van der Waals surface area (Å²) in [6.45, 7) is 3.83. The fourth-order valence-electron chi connectivity index (χ4n) is 2.90. The van der Waals surface area contributed by atoms with Crippen LogP contribution in [0.4, 0.5) is 10.3 Å². The predicted molar refractivity (Wildman–Crippen MR) is 99.7 cm³/mol. The molecule has 0 bridgehead atoms. The lowest BCUT2D eigenvalue weighted by molar-refractivity contribution is 0.321. The second-order valence-electron chi connectivity index (χ2n) is 6.25. The van der Waals surface area contributed by atoms with Crippen molar-refractivity contribution in [3.05, 3.63) is 42.0 Å². The average molecular weight is 394 g/mol. The molecule has 0 spiro atoms. The highest BCUT2D eigenvalue weighted by Gasteiger charge is 2.18. The van der Waals surface area contributed by atoms with Crippen molar-refractivity contribution in [3.8, 4) is 5.75 Å². The first-order valence-corrected chi connectivity index (χ1v) is 10.5. The molecule has 0 aliphatic carbocycles. The van der Waals surface area contributed by atoms with Crippen LogP contribution in [0.15, 0.2) is 35.4 Å². The molecule has 1 aliphatic heterocycles. The number of rotatable bonds is 7. The van der Waals surface area contributed by atoms with Crippen LogP contribution in [0.3, 0.4) is 0 Å². The molecule has 0 atom stereocenters. The molecular weight excluding hydrogens is 371 g/mol.